The summed E-state index contributed by atoms with van der Waals surface area (Å²) >= 11 is 13.0. The maximum absolute atomic E-state index is 12.0. The Hall–Kier alpha value is -1.64. The fourth-order valence-electron chi connectivity index (χ4n) is 3.92. The number of nitrogens with zero attached hydrogens (tertiary/aromatic N) is 2. The Bertz CT molecular complexity index is 910. The Morgan fingerprint density at radius 2 is 1.54 bits per heavy atom. The summed E-state index contributed by atoms with van der Waals surface area (Å²) in [4.78, 5) is 28.4. The summed E-state index contributed by atoms with van der Waals surface area (Å²) in [6, 6.07) is 6.09. The third-order valence-electron chi connectivity index (χ3n) is 5.50. The Labute approximate surface area is 224 Å². The van der Waals surface area contributed by atoms with Crippen molar-refractivity contribution in [2.75, 3.05) is 49.1 Å². The van der Waals surface area contributed by atoms with Crippen molar-refractivity contribution in [1.29, 1.82) is 0 Å². The van der Waals surface area contributed by atoms with Crippen LogP contribution >= 0.6 is 34.5 Å². The number of alkyl halides is 2. The summed E-state index contributed by atoms with van der Waals surface area (Å²) in [5.74, 6) is -0.261. The number of rotatable bonds is 11. The minimum atomic E-state index is -0.130. The second kappa shape index (κ2) is 16.2. The number of amides is 2. The Kier molecular flexibility index (Phi) is 14.5. The molecule has 0 aliphatic carbocycles. The molecular weight excluding hydrogens is 507 g/mol. The van der Waals surface area contributed by atoms with Crippen LogP contribution < -0.4 is 9.80 Å². The van der Waals surface area contributed by atoms with Gasteiger partial charge in [0, 0.05) is 19.1 Å². The smallest absolute Gasteiger partial charge is 0.243 e. The number of carbonyl (C=O) groups is 2. The van der Waals surface area contributed by atoms with Gasteiger partial charge < -0.3 is 14.4 Å². The van der Waals surface area contributed by atoms with Gasteiger partial charge in [0.1, 0.15) is 18.5 Å². The van der Waals surface area contributed by atoms with E-state index in [0.29, 0.717) is 6.61 Å². The lowest BCUT2D eigenvalue weighted by molar-refractivity contribution is -0.117. The number of ether oxygens (including phenoxy) is 2. The molecule has 6 nitrogen and oxygen atoms in total. The molecule has 2 rings (SSSR count). The van der Waals surface area contributed by atoms with E-state index in [2.05, 4.69) is 19.2 Å². The van der Waals surface area contributed by atoms with Crippen LogP contribution in [-0.2, 0) is 31.9 Å². The van der Waals surface area contributed by atoms with Gasteiger partial charge >= 0.3 is 0 Å². The number of benzene rings is 1. The average Bonchev–Trinajstić information content (AvgIpc) is 3.19. The standard InChI is InChI=1S/C14H20ClNO2.C12H18ClNO2S/c1-4-11-7-6-8-12(5-2)14(11)16(10-18-3)13(17)9-15;1-8-7-17-10(3)12(8)14(11(15)5-13)9(2)6-16-4/h6-8H,4-5,9-10H2,1-3H3;7,9H,5-6H2,1-4H3/t;9-/m.0/s1. The third kappa shape index (κ3) is 8.46. The molecule has 1 aromatic heterocycles. The summed E-state index contributed by atoms with van der Waals surface area (Å²) < 4.78 is 10.3. The first-order valence-electron chi connectivity index (χ1n) is 11.6. The van der Waals surface area contributed by atoms with Crippen LogP contribution in [0.25, 0.3) is 0 Å². The zero-order valence-corrected chi connectivity index (χ0v) is 24.1. The quantitative estimate of drug-likeness (QED) is 0.258. The summed E-state index contributed by atoms with van der Waals surface area (Å²) in [5.41, 5.74) is 5.32. The predicted molar refractivity (Wildman–Crippen MR) is 149 cm³/mol. The van der Waals surface area contributed by atoms with Crippen molar-refractivity contribution in [3.63, 3.8) is 0 Å². The molecule has 35 heavy (non-hydrogen) atoms. The highest BCUT2D eigenvalue weighted by Gasteiger charge is 2.25. The number of methoxy groups -OCH3 is 2. The van der Waals surface area contributed by atoms with Gasteiger partial charge in [-0.05, 0) is 55.7 Å². The van der Waals surface area contributed by atoms with Crippen molar-refractivity contribution >= 4 is 57.7 Å². The van der Waals surface area contributed by atoms with Gasteiger partial charge in [0.25, 0.3) is 0 Å². The molecule has 0 N–H and O–H groups in total. The number of halogens is 2. The molecule has 0 radical (unpaired) electrons. The topological polar surface area (TPSA) is 59.1 Å². The van der Waals surface area contributed by atoms with Gasteiger partial charge in [0.05, 0.1) is 24.0 Å². The van der Waals surface area contributed by atoms with Gasteiger partial charge in [-0.25, -0.2) is 0 Å². The second-order valence-corrected chi connectivity index (χ2v) is 9.65. The van der Waals surface area contributed by atoms with E-state index in [4.69, 9.17) is 32.7 Å². The number of aryl methyl sites for hydroxylation is 4. The maximum Gasteiger partial charge on any atom is 0.243 e. The fraction of sp³-hybridized carbons (Fsp3) is 0.538. The minimum Gasteiger partial charge on any atom is -0.383 e. The number of thiophene rings is 1. The van der Waals surface area contributed by atoms with E-state index >= 15 is 0 Å². The SMILES string of the molecule is CCc1cccc(CC)c1N(COC)C(=O)CCl.COC[C@H](C)N(C(=O)CCl)c1c(C)csc1C. The number of hydrogen-bond acceptors (Lipinski definition) is 5. The van der Waals surface area contributed by atoms with Crippen LogP contribution in [0.5, 0.6) is 0 Å². The molecule has 0 aliphatic heterocycles. The third-order valence-corrected chi connectivity index (χ3v) is 6.98. The zero-order valence-electron chi connectivity index (χ0n) is 21.8. The van der Waals surface area contributed by atoms with Crippen LogP contribution in [0, 0.1) is 13.8 Å². The first-order valence-corrected chi connectivity index (χ1v) is 13.5. The highest BCUT2D eigenvalue weighted by Crippen LogP contribution is 2.32. The highest BCUT2D eigenvalue weighted by molar-refractivity contribution is 7.10. The molecular formula is C26H38Cl2N2O4S. The van der Waals surface area contributed by atoms with Crippen molar-refractivity contribution in [3.8, 4) is 0 Å². The molecule has 0 saturated heterocycles. The van der Waals surface area contributed by atoms with Crippen molar-refractivity contribution in [1.82, 2.24) is 0 Å². The summed E-state index contributed by atoms with van der Waals surface area (Å²) in [6.45, 7) is 10.9. The van der Waals surface area contributed by atoms with Crippen LogP contribution in [0.15, 0.2) is 23.6 Å². The lowest BCUT2D eigenvalue weighted by Gasteiger charge is -2.29. The molecule has 2 aromatic rings. The largest absolute Gasteiger partial charge is 0.383 e. The van der Waals surface area contributed by atoms with E-state index in [1.54, 1.807) is 35.4 Å². The first-order chi connectivity index (χ1) is 16.7. The van der Waals surface area contributed by atoms with E-state index in [9.17, 15) is 9.59 Å². The van der Waals surface area contributed by atoms with Gasteiger partial charge in [0.2, 0.25) is 11.8 Å². The van der Waals surface area contributed by atoms with Crippen molar-refractivity contribution < 1.29 is 19.1 Å². The second-order valence-electron chi connectivity index (χ2n) is 8.03. The summed E-state index contributed by atoms with van der Waals surface area (Å²) in [6.07, 6.45) is 1.75. The minimum absolute atomic E-state index is 0.0111. The molecule has 1 aromatic carbocycles. The Morgan fingerprint density at radius 1 is 0.971 bits per heavy atom. The Morgan fingerprint density at radius 3 is 1.94 bits per heavy atom. The van der Waals surface area contributed by atoms with Gasteiger partial charge in [-0.2, -0.15) is 0 Å². The van der Waals surface area contributed by atoms with Gasteiger partial charge in [-0.3, -0.25) is 14.5 Å². The molecule has 0 bridgehead atoms. The molecule has 1 heterocycles. The van der Waals surface area contributed by atoms with E-state index in [1.807, 2.05) is 39.0 Å². The first kappa shape index (κ1) is 31.4. The van der Waals surface area contributed by atoms with Gasteiger partial charge in [0.15, 0.2) is 0 Å². The van der Waals surface area contributed by atoms with Crippen molar-refractivity contribution in [3.05, 3.63) is 45.1 Å². The number of anilines is 2. The van der Waals surface area contributed by atoms with Crippen molar-refractivity contribution in [2.45, 2.75) is 53.5 Å². The molecule has 0 spiro atoms. The molecule has 0 unspecified atom stereocenters. The monoisotopic (exact) mass is 544 g/mol. The average molecular weight is 546 g/mol. The lowest BCUT2D eigenvalue weighted by atomic mass is 10.0. The number of carbonyl (C=O) groups excluding carboxylic acids is 2. The molecule has 0 saturated carbocycles. The summed E-state index contributed by atoms with van der Waals surface area (Å²) in [5, 5.41) is 2.05. The van der Waals surface area contributed by atoms with Crippen LogP contribution in [0.4, 0.5) is 11.4 Å². The van der Waals surface area contributed by atoms with Crippen LogP contribution in [0.2, 0.25) is 0 Å². The zero-order chi connectivity index (χ0) is 26.5. The normalized spacial score (nSPS) is 11.5. The van der Waals surface area contributed by atoms with E-state index in [0.717, 1.165) is 45.8 Å². The molecule has 0 aliphatic rings. The molecule has 1 atom stereocenters. The molecule has 0 fully saturated rings. The molecule has 2 amide bonds. The predicted octanol–water partition coefficient (Wildman–Crippen LogP) is 5.96. The lowest BCUT2D eigenvalue weighted by Crippen LogP contribution is -2.42. The Balaban J connectivity index is 0.000000351. The number of hydrogen-bond donors (Lipinski definition) is 0. The highest BCUT2D eigenvalue weighted by atomic mass is 35.5. The van der Waals surface area contributed by atoms with E-state index in [1.165, 1.54) is 0 Å². The van der Waals surface area contributed by atoms with Crippen LogP contribution in [-0.4, -0.2) is 57.2 Å². The van der Waals surface area contributed by atoms with Gasteiger partial charge in [-0.1, -0.05) is 32.0 Å². The number of para-hydroxylation sites is 1. The van der Waals surface area contributed by atoms with E-state index < -0.39 is 0 Å². The summed E-state index contributed by atoms with van der Waals surface area (Å²) in [7, 11) is 3.21. The van der Waals surface area contributed by atoms with Crippen LogP contribution in [0.1, 0.15) is 42.3 Å². The van der Waals surface area contributed by atoms with E-state index in [-0.39, 0.29) is 36.3 Å². The molecule has 196 valence electrons. The van der Waals surface area contributed by atoms with Gasteiger partial charge in [-0.15, -0.1) is 34.5 Å². The van der Waals surface area contributed by atoms with Crippen LogP contribution in [0.3, 0.4) is 0 Å². The van der Waals surface area contributed by atoms with Crippen molar-refractivity contribution in [2.24, 2.45) is 0 Å². The molecule has 9 heteroatoms. The maximum atomic E-state index is 12.0. The fourth-order valence-corrected chi connectivity index (χ4v) is 5.03.